The average molecular weight is 229 g/mol. The molecule has 0 radical (unpaired) electrons. The first-order valence-electron chi connectivity index (χ1n) is 6.71. The van der Waals surface area contributed by atoms with Crippen LogP contribution in [-0.4, -0.2) is 13.1 Å². The Balaban J connectivity index is 2.15. The number of benzene rings is 1. The van der Waals surface area contributed by atoms with Crippen LogP contribution in [0.15, 0.2) is 23.8 Å². The van der Waals surface area contributed by atoms with E-state index in [4.69, 9.17) is 0 Å². The van der Waals surface area contributed by atoms with Crippen LogP contribution in [0.4, 0.5) is 0 Å². The van der Waals surface area contributed by atoms with Crippen LogP contribution >= 0.6 is 0 Å². The smallest absolute Gasteiger partial charge is 0.0170 e. The Morgan fingerprint density at radius 1 is 1.35 bits per heavy atom. The highest BCUT2D eigenvalue weighted by atomic mass is 14.8. The van der Waals surface area contributed by atoms with Gasteiger partial charge in [0.05, 0.1) is 0 Å². The van der Waals surface area contributed by atoms with Gasteiger partial charge >= 0.3 is 0 Å². The van der Waals surface area contributed by atoms with Crippen LogP contribution in [0.2, 0.25) is 0 Å². The Kier molecular flexibility index (Phi) is 4.01. The van der Waals surface area contributed by atoms with Crippen LogP contribution in [0.5, 0.6) is 0 Å². The molecular formula is C16H23N. The van der Waals surface area contributed by atoms with Gasteiger partial charge in [-0.15, -0.1) is 0 Å². The van der Waals surface area contributed by atoms with Gasteiger partial charge in [0.25, 0.3) is 0 Å². The molecule has 0 saturated heterocycles. The zero-order valence-corrected chi connectivity index (χ0v) is 11.2. The normalized spacial score (nSPS) is 18.8. The van der Waals surface area contributed by atoms with Crippen molar-refractivity contribution >= 4 is 6.08 Å². The van der Waals surface area contributed by atoms with Gasteiger partial charge in [-0.25, -0.2) is 0 Å². The molecule has 0 bridgehead atoms. The summed E-state index contributed by atoms with van der Waals surface area (Å²) in [5.41, 5.74) is 5.85. The molecule has 1 aliphatic carbocycles. The molecule has 1 heteroatoms. The summed E-state index contributed by atoms with van der Waals surface area (Å²) in [6.45, 7) is 8.88. The quantitative estimate of drug-likeness (QED) is 0.778. The summed E-state index contributed by atoms with van der Waals surface area (Å²) in [6, 6.07) is 6.80. The highest BCUT2D eigenvalue weighted by molar-refractivity contribution is 5.61. The molecule has 0 aromatic heterocycles. The maximum absolute atomic E-state index is 3.51. The van der Waals surface area contributed by atoms with Crippen LogP contribution in [0.3, 0.4) is 0 Å². The third kappa shape index (κ3) is 2.98. The summed E-state index contributed by atoms with van der Waals surface area (Å²) in [7, 11) is 0. The highest BCUT2D eigenvalue weighted by Crippen LogP contribution is 2.28. The standard InChI is InChI=1S/C16H23N/c1-4-7-17-11-16-10-14-6-5-12(2)8-15(14)9-13(16)3/h5-6,8,10,13,17H,4,7,9,11H2,1-3H3/t13-/m0/s1. The van der Waals surface area contributed by atoms with Gasteiger partial charge in [0, 0.05) is 6.54 Å². The van der Waals surface area contributed by atoms with Crippen molar-refractivity contribution in [3.63, 3.8) is 0 Å². The minimum Gasteiger partial charge on any atom is -0.313 e. The molecule has 0 spiro atoms. The first-order chi connectivity index (χ1) is 8.20. The minimum atomic E-state index is 0.675. The van der Waals surface area contributed by atoms with Crippen molar-refractivity contribution < 1.29 is 0 Å². The Morgan fingerprint density at radius 3 is 2.94 bits per heavy atom. The maximum atomic E-state index is 3.51. The van der Waals surface area contributed by atoms with Gasteiger partial charge in [-0.1, -0.05) is 49.3 Å². The van der Waals surface area contributed by atoms with Crippen LogP contribution in [0.1, 0.15) is 37.0 Å². The molecule has 1 N–H and O–H groups in total. The van der Waals surface area contributed by atoms with E-state index in [9.17, 15) is 0 Å². The molecule has 0 saturated carbocycles. The third-order valence-electron chi connectivity index (χ3n) is 3.55. The van der Waals surface area contributed by atoms with Gasteiger partial charge < -0.3 is 5.32 Å². The fourth-order valence-electron chi connectivity index (χ4n) is 2.49. The number of rotatable bonds is 4. The van der Waals surface area contributed by atoms with Crippen LogP contribution in [0.25, 0.3) is 6.08 Å². The lowest BCUT2D eigenvalue weighted by Gasteiger charge is -2.23. The summed E-state index contributed by atoms with van der Waals surface area (Å²) in [5, 5.41) is 3.51. The maximum Gasteiger partial charge on any atom is 0.0170 e. The molecule has 0 fully saturated rings. The molecule has 1 atom stereocenters. The predicted molar refractivity (Wildman–Crippen MR) is 75.2 cm³/mol. The molecule has 0 heterocycles. The molecule has 17 heavy (non-hydrogen) atoms. The fourth-order valence-corrected chi connectivity index (χ4v) is 2.49. The van der Waals surface area contributed by atoms with Crippen molar-refractivity contribution in [3.8, 4) is 0 Å². The fraction of sp³-hybridized carbons (Fsp3) is 0.500. The van der Waals surface area contributed by atoms with Crippen molar-refractivity contribution in [1.29, 1.82) is 0 Å². The van der Waals surface area contributed by atoms with Crippen molar-refractivity contribution in [1.82, 2.24) is 5.32 Å². The predicted octanol–water partition coefficient (Wildman–Crippen LogP) is 3.57. The molecule has 2 rings (SSSR count). The van der Waals surface area contributed by atoms with Crippen molar-refractivity contribution in [2.24, 2.45) is 5.92 Å². The lowest BCUT2D eigenvalue weighted by Crippen LogP contribution is -2.23. The number of hydrogen-bond acceptors (Lipinski definition) is 1. The summed E-state index contributed by atoms with van der Waals surface area (Å²) in [6.07, 6.45) is 4.78. The monoisotopic (exact) mass is 229 g/mol. The number of fused-ring (bicyclic) bond motifs is 1. The van der Waals surface area contributed by atoms with Crippen LogP contribution < -0.4 is 5.32 Å². The second-order valence-electron chi connectivity index (χ2n) is 5.20. The molecule has 0 amide bonds. The van der Waals surface area contributed by atoms with Gasteiger partial charge in [0.2, 0.25) is 0 Å². The second-order valence-corrected chi connectivity index (χ2v) is 5.20. The van der Waals surface area contributed by atoms with E-state index >= 15 is 0 Å². The molecule has 0 aliphatic heterocycles. The largest absolute Gasteiger partial charge is 0.313 e. The Bertz CT molecular complexity index is 418. The minimum absolute atomic E-state index is 0.675. The van der Waals surface area contributed by atoms with Gasteiger partial charge in [0.1, 0.15) is 0 Å². The van der Waals surface area contributed by atoms with Crippen molar-refractivity contribution in [2.75, 3.05) is 13.1 Å². The van der Waals surface area contributed by atoms with Crippen molar-refractivity contribution in [2.45, 2.75) is 33.6 Å². The topological polar surface area (TPSA) is 12.0 Å². The first-order valence-corrected chi connectivity index (χ1v) is 6.71. The molecule has 1 aromatic carbocycles. The van der Waals surface area contributed by atoms with Gasteiger partial charge in [-0.3, -0.25) is 0 Å². The Labute approximate surface area is 105 Å². The van der Waals surface area contributed by atoms with Gasteiger partial charge in [-0.05, 0) is 43.4 Å². The van der Waals surface area contributed by atoms with E-state index < -0.39 is 0 Å². The Hall–Kier alpha value is -1.08. The number of hydrogen-bond donors (Lipinski definition) is 1. The molecule has 1 aromatic rings. The van der Waals surface area contributed by atoms with E-state index in [1.807, 2.05) is 0 Å². The van der Waals surface area contributed by atoms with Gasteiger partial charge in [0.15, 0.2) is 0 Å². The zero-order chi connectivity index (χ0) is 12.3. The summed E-state index contributed by atoms with van der Waals surface area (Å²) in [4.78, 5) is 0. The lowest BCUT2D eigenvalue weighted by atomic mass is 9.84. The zero-order valence-electron chi connectivity index (χ0n) is 11.2. The first kappa shape index (κ1) is 12.4. The second kappa shape index (κ2) is 5.50. The van der Waals surface area contributed by atoms with E-state index in [0.29, 0.717) is 5.92 Å². The van der Waals surface area contributed by atoms with E-state index in [-0.39, 0.29) is 0 Å². The average Bonchev–Trinajstić information content (AvgIpc) is 2.30. The van der Waals surface area contributed by atoms with E-state index in [2.05, 4.69) is 50.4 Å². The van der Waals surface area contributed by atoms with Gasteiger partial charge in [-0.2, -0.15) is 0 Å². The third-order valence-corrected chi connectivity index (χ3v) is 3.55. The summed E-state index contributed by atoms with van der Waals surface area (Å²) >= 11 is 0. The SMILES string of the molecule is CCCNCC1=Cc2ccc(C)cc2C[C@@H]1C. The molecule has 92 valence electrons. The Morgan fingerprint density at radius 2 is 2.18 bits per heavy atom. The van der Waals surface area contributed by atoms with Crippen LogP contribution in [-0.2, 0) is 6.42 Å². The highest BCUT2D eigenvalue weighted by Gasteiger charge is 2.16. The van der Waals surface area contributed by atoms with E-state index in [1.54, 1.807) is 5.57 Å². The summed E-state index contributed by atoms with van der Waals surface area (Å²) in [5.74, 6) is 0.675. The van der Waals surface area contributed by atoms with Crippen LogP contribution in [0, 0.1) is 12.8 Å². The molecule has 0 unspecified atom stereocenters. The molecule has 1 nitrogen and oxygen atoms in total. The number of nitrogens with one attached hydrogen (secondary N) is 1. The number of aryl methyl sites for hydroxylation is 1. The van der Waals surface area contributed by atoms with Crippen molar-refractivity contribution in [3.05, 3.63) is 40.5 Å². The summed E-state index contributed by atoms with van der Waals surface area (Å²) < 4.78 is 0. The molecule has 1 aliphatic rings. The van der Waals surface area contributed by atoms with E-state index in [1.165, 1.54) is 29.5 Å². The van der Waals surface area contributed by atoms with E-state index in [0.717, 1.165) is 13.1 Å². The molecular weight excluding hydrogens is 206 g/mol. The lowest BCUT2D eigenvalue weighted by molar-refractivity contribution is 0.611.